The molecule has 2 aromatic heterocycles. The van der Waals surface area contributed by atoms with E-state index in [1.165, 1.54) is 12.8 Å². The summed E-state index contributed by atoms with van der Waals surface area (Å²) < 4.78 is 6.56. The molecule has 2 aliphatic rings. The highest BCUT2D eigenvalue weighted by Gasteiger charge is 2.28. The maximum atomic E-state index is 12.1. The summed E-state index contributed by atoms with van der Waals surface area (Å²) in [6, 6.07) is 3.91. The van der Waals surface area contributed by atoms with Crippen LogP contribution in [0.25, 0.3) is 0 Å². The van der Waals surface area contributed by atoms with Gasteiger partial charge >= 0.3 is 0 Å². The van der Waals surface area contributed by atoms with Crippen LogP contribution >= 0.6 is 0 Å². The van der Waals surface area contributed by atoms with Gasteiger partial charge in [-0.25, -0.2) is 4.68 Å². The molecule has 1 atom stereocenters. The van der Waals surface area contributed by atoms with Crippen molar-refractivity contribution in [3.63, 3.8) is 0 Å². The van der Waals surface area contributed by atoms with Gasteiger partial charge in [0.1, 0.15) is 6.26 Å². The third-order valence-corrected chi connectivity index (χ3v) is 4.63. The van der Waals surface area contributed by atoms with Gasteiger partial charge in [0.2, 0.25) is 0 Å². The Bertz CT molecular complexity index is 690. The van der Waals surface area contributed by atoms with E-state index in [0.717, 1.165) is 37.2 Å². The van der Waals surface area contributed by atoms with Gasteiger partial charge < -0.3 is 4.52 Å². The smallest absolute Gasteiger partial charge is 0.266 e. The fourth-order valence-electron chi connectivity index (χ4n) is 3.24. The number of nitrogens with zero attached hydrogens (tertiary/aromatic N) is 4. The van der Waals surface area contributed by atoms with Crippen LogP contribution in [0, 0.1) is 0 Å². The third-order valence-electron chi connectivity index (χ3n) is 4.63. The minimum absolute atomic E-state index is 0.00114. The second-order valence-corrected chi connectivity index (χ2v) is 6.35. The zero-order chi connectivity index (χ0) is 14.9. The van der Waals surface area contributed by atoms with Crippen molar-refractivity contribution in [2.24, 2.45) is 0 Å². The lowest BCUT2D eigenvalue weighted by Crippen LogP contribution is -2.36. The van der Waals surface area contributed by atoms with E-state index in [-0.39, 0.29) is 5.56 Å². The molecule has 2 fully saturated rings. The number of hydrogen-bond donors (Lipinski definition) is 0. The first kappa shape index (κ1) is 13.7. The first-order valence-electron chi connectivity index (χ1n) is 8.00. The van der Waals surface area contributed by atoms with Crippen molar-refractivity contribution >= 4 is 0 Å². The predicted molar refractivity (Wildman–Crippen MR) is 80.4 cm³/mol. The van der Waals surface area contributed by atoms with E-state index in [9.17, 15) is 4.79 Å². The summed E-state index contributed by atoms with van der Waals surface area (Å²) >= 11 is 0. The van der Waals surface area contributed by atoms with E-state index in [0.29, 0.717) is 18.5 Å². The predicted octanol–water partition coefficient (Wildman–Crippen LogP) is 1.77. The lowest BCUT2D eigenvalue weighted by atomic mass is 10.2. The Morgan fingerprint density at radius 3 is 2.95 bits per heavy atom. The zero-order valence-corrected chi connectivity index (χ0v) is 12.5. The fourth-order valence-corrected chi connectivity index (χ4v) is 3.24. The molecule has 6 heteroatoms. The average molecular weight is 300 g/mol. The van der Waals surface area contributed by atoms with Crippen molar-refractivity contribution in [1.82, 2.24) is 19.8 Å². The second-order valence-electron chi connectivity index (χ2n) is 6.35. The van der Waals surface area contributed by atoms with E-state index in [1.807, 2.05) is 6.07 Å². The highest BCUT2D eigenvalue weighted by Crippen LogP contribution is 2.38. The molecule has 116 valence electrons. The first-order valence-corrected chi connectivity index (χ1v) is 8.00. The van der Waals surface area contributed by atoms with Gasteiger partial charge in [-0.05, 0) is 38.3 Å². The Kier molecular flexibility index (Phi) is 3.54. The lowest BCUT2D eigenvalue weighted by Gasteiger charge is -2.24. The van der Waals surface area contributed by atoms with Gasteiger partial charge in [-0.2, -0.15) is 5.10 Å². The molecule has 0 spiro atoms. The molecule has 0 amide bonds. The summed E-state index contributed by atoms with van der Waals surface area (Å²) in [5.41, 5.74) is 2.16. The molecule has 2 aromatic rings. The molecule has 0 bridgehead atoms. The van der Waals surface area contributed by atoms with Crippen LogP contribution in [0.15, 0.2) is 33.9 Å². The quantitative estimate of drug-likeness (QED) is 0.842. The molecule has 1 aliphatic carbocycles. The number of likely N-dealkylation sites (tertiary alicyclic amines) is 1. The molecule has 4 rings (SSSR count). The highest BCUT2D eigenvalue weighted by atomic mass is 16.5. The van der Waals surface area contributed by atoms with E-state index in [4.69, 9.17) is 4.52 Å². The Hall–Kier alpha value is -1.95. The molecule has 6 nitrogen and oxygen atoms in total. The van der Waals surface area contributed by atoms with E-state index in [2.05, 4.69) is 15.2 Å². The minimum Gasteiger partial charge on any atom is -0.364 e. The van der Waals surface area contributed by atoms with E-state index in [1.54, 1.807) is 23.2 Å². The normalized spacial score (nSPS) is 22.3. The largest absolute Gasteiger partial charge is 0.364 e. The summed E-state index contributed by atoms with van der Waals surface area (Å²) in [5.74, 6) is 0.573. The van der Waals surface area contributed by atoms with Crippen molar-refractivity contribution in [2.75, 3.05) is 6.54 Å². The Balaban J connectivity index is 1.49. The van der Waals surface area contributed by atoms with Crippen LogP contribution in [0.4, 0.5) is 0 Å². The standard InChI is InChI=1S/C16H20N4O2/c21-16-6-5-15(13-3-4-13)18-20(16)10-14-2-1-7-19(14)9-12-8-17-22-11-12/h5-6,8,11,13-14H,1-4,7,9-10H2. The van der Waals surface area contributed by atoms with Gasteiger partial charge in [0.25, 0.3) is 5.56 Å². The summed E-state index contributed by atoms with van der Waals surface area (Å²) in [7, 11) is 0. The second kappa shape index (κ2) is 5.68. The molecule has 1 saturated heterocycles. The van der Waals surface area contributed by atoms with Crippen LogP contribution < -0.4 is 5.56 Å². The molecule has 22 heavy (non-hydrogen) atoms. The number of aromatic nitrogens is 3. The Morgan fingerprint density at radius 1 is 1.27 bits per heavy atom. The van der Waals surface area contributed by atoms with Gasteiger partial charge in [-0.3, -0.25) is 9.69 Å². The van der Waals surface area contributed by atoms with Crippen LogP contribution in [0.5, 0.6) is 0 Å². The lowest BCUT2D eigenvalue weighted by molar-refractivity contribution is 0.216. The van der Waals surface area contributed by atoms with Gasteiger partial charge in [0, 0.05) is 30.1 Å². The van der Waals surface area contributed by atoms with Crippen molar-refractivity contribution in [1.29, 1.82) is 0 Å². The topological polar surface area (TPSA) is 64.2 Å². The zero-order valence-electron chi connectivity index (χ0n) is 12.5. The minimum atomic E-state index is 0.00114. The van der Waals surface area contributed by atoms with Gasteiger partial charge in [-0.15, -0.1) is 0 Å². The summed E-state index contributed by atoms with van der Waals surface area (Å²) in [6.07, 6.45) is 8.11. The highest BCUT2D eigenvalue weighted by molar-refractivity contribution is 5.12. The third kappa shape index (κ3) is 2.83. The fraction of sp³-hybridized carbons (Fsp3) is 0.562. The van der Waals surface area contributed by atoms with Crippen LogP contribution in [0.3, 0.4) is 0 Å². The average Bonchev–Trinajstić information content (AvgIpc) is 3.08. The first-order chi connectivity index (χ1) is 10.8. The molecular weight excluding hydrogens is 280 g/mol. The van der Waals surface area contributed by atoms with Gasteiger partial charge in [0.15, 0.2) is 0 Å². The molecule has 3 heterocycles. The molecular formula is C16H20N4O2. The van der Waals surface area contributed by atoms with E-state index < -0.39 is 0 Å². The van der Waals surface area contributed by atoms with Crippen molar-refractivity contribution in [2.45, 2.75) is 50.7 Å². The maximum Gasteiger partial charge on any atom is 0.266 e. The molecule has 0 aromatic carbocycles. The van der Waals surface area contributed by atoms with Crippen molar-refractivity contribution in [3.05, 3.63) is 46.2 Å². The molecule has 1 unspecified atom stereocenters. The summed E-state index contributed by atoms with van der Waals surface area (Å²) in [5, 5.41) is 8.33. The van der Waals surface area contributed by atoms with E-state index >= 15 is 0 Å². The molecule has 1 aliphatic heterocycles. The Labute approximate surface area is 128 Å². The van der Waals surface area contributed by atoms with Gasteiger partial charge in [-0.1, -0.05) is 5.16 Å². The van der Waals surface area contributed by atoms with Crippen molar-refractivity contribution < 1.29 is 4.52 Å². The maximum absolute atomic E-state index is 12.1. The van der Waals surface area contributed by atoms with Crippen molar-refractivity contribution in [3.8, 4) is 0 Å². The summed E-state index contributed by atoms with van der Waals surface area (Å²) in [4.78, 5) is 14.5. The monoisotopic (exact) mass is 300 g/mol. The number of rotatable bonds is 5. The van der Waals surface area contributed by atoms with Crippen LogP contribution in [0.2, 0.25) is 0 Å². The van der Waals surface area contributed by atoms with Gasteiger partial charge in [0.05, 0.1) is 18.4 Å². The van der Waals surface area contributed by atoms with Crippen LogP contribution in [-0.4, -0.2) is 32.4 Å². The summed E-state index contributed by atoms with van der Waals surface area (Å²) in [6.45, 7) is 2.54. The van der Waals surface area contributed by atoms with Crippen LogP contribution in [0.1, 0.15) is 42.9 Å². The van der Waals surface area contributed by atoms with Crippen LogP contribution in [-0.2, 0) is 13.1 Å². The number of hydrogen-bond acceptors (Lipinski definition) is 5. The molecule has 0 radical (unpaired) electrons. The Morgan fingerprint density at radius 2 is 2.18 bits per heavy atom. The molecule has 1 saturated carbocycles. The molecule has 0 N–H and O–H groups in total. The SMILES string of the molecule is O=c1ccc(C2CC2)nn1CC1CCCN1Cc1cnoc1.